The molecule has 0 spiro atoms. The Morgan fingerprint density at radius 1 is 1.33 bits per heavy atom. The van der Waals surface area contributed by atoms with E-state index in [1.165, 1.54) is 0 Å². The Labute approximate surface area is 124 Å². The summed E-state index contributed by atoms with van der Waals surface area (Å²) in [5.41, 5.74) is 0.843. The van der Waals surface area contributed by atoms with Gasteiger partial charge in [0.2, 0.25) is 0 Å². The van der Waals surface area contributed by atoms with Crippen LogP contribution in [0.25, 0.3) is 0 Å². The Hall–Kier alpha value is -1.75. The molecule has 116 valence electrons. The molecule has 5 heteroatoms. The van der Waals surface area contributed by atoms with Crippen LogP contribution in [-0.4, -0.2) is 29.8 Å². The van der Waals surface area contributed by atoms with E-state index >= 15 is 0 Å². The number of nitrogens with one attached hydrogen (secondary N) is 1. The fraction of sp³-hybridized carbons (Fsp3) is 0.562. The lowest BCUT2D eigenvalue weighted by Gasteiger charge is -2.26. The smallest absolute Gasteiger partial charge is 0.306 e. The minimum atomic E-state index is -0.662. The first-order valence-corrected chi connectivity index (χ1v) is 7.39. The van der Waals surface area contributed by atoms with Crippen molar-refractivity contribution in [3.8, 4) is 11.5 Å². The molecule has 0 radical (unpaired) electrons. The van der Waals surface area contributed by atoms with Crippen molar-refractivity contribution in [1.82, 2.24) is 5.32 Å². The summed E-state index contributed by atoms with van der Waals surface area (Å²) in [5, 5.41) is 22.2. The van der Waals surface area contributed by atoms with Crippen molar-refractivity contribution in [2.45, 2.75) is 32.2 Å². The van der Waals surface area contributed by atoms with Gasteiger partial charge in [0.1, 0.15) is 11.5 Å². The van der Waals surface area contributed by atoms with Gasteiger partial charge < -0.3 is 20.3 Å². The summed E-state index contributed by atoms with van der Waals surface area (Å²) < 4.78 is 5.05. The highest BCUT2D eigenvalue weighted by molar-refractivity contribution is 5.69. The van der Waals surface area contributed by atoms with Crippen molar-refractivity contribution < 1.29 is 19.7 Å². The number of benzene rings is 1. The zero-order valence-corrected chi connectivity index (χ0v) is 12.3. The lowest BCUT2D eigenvalue weighted by atomic mass is 9.82. The fourth-order valence-corrected chi connectivity index (χ4v) is 2.84. The van der Waals surface area contributed by atoms with Crippen molar-refractivity contribution in [3.05, 3.63) is 23.8 Å². The number of carboxylic acids is 1. The molecule has 1 fully saturated rings. The van der Waals surface area contributed by atoms with Crippen LogP contribution in [0.15, 0.2) is 18.2 Å². The van der Waals surface area contributed by atoms with Gasteiger partial charge in [-0.25, -0.2) is 0 Å². The first kappa shape index (κ1) is 15.6. The van der Waals surface area contributed by atoms with Crippen LogP contribution in [0.3, 0.4) is 0 Å². The number of aromatic hydroxyl groups is 1. The lowest BCUT2D eigenvalue weighted by Crippen LogP contribution is -2.28. The molecule has 5 nitrogen and oxygen atoms in total. The third-order valence-corrected chi connectivity index (χ3v) is 4.24. The third kappa shape index (κ3) is 4.36. The molecule has 0 aliphatic heterocycles. The number of carboxylic acid groups (broad SMARTS) is 1. The number of rotatable bonds is 6. The second kappa shape index (κ2) is 7.31. The molecule has 3 N–H and O–H groups in total. The maximum atomic E-state index is 10.9. The van der Waals surface area contributed by atoms with Gasteiger partial charge >= 0.3 is 5.97 Å². The van der Waals surface area contributed by atoms with E-state index in [-0.39, 0.29) is 11.7 Å². The van der Waals surface area contributed by atoms with Crippen molar-refractivity contribution in [2.24, 2.45) is 11.8 Å². The SMILES string of the molecule is COc1ccc(CNCC2CCC(C(=O)O)CC2)c(O)c1. The maximum absolute atomic E-state index is 10.9. The van der Waals surface area contributed by atoms with Crippen molar-refractivity contribution in [1.29, 1.82) is 0 Å². The zero-order valence-electron chi connectivity index (χ0n) is 12.3. The minimum Gasteiger partial charge on any atom is -0.507 e. The van der Waals surface area contributed by atoms with Crippen LogP contribution in [0.1, 0.15) is 31.2 Å². The van der Waals surface area contributed by atoms with Gasteiger partial charge in [-0.05, 0) is 44.2 Å². The Morgan fingerprint density at radius 2 is 2.05 bits per heavy atom. The number of phenolic OH excluding ortho intramolecular Hbond substituents is 1. The van der Waals surface area contributed by atoms with Crippen LogP contribution in [0.4, 0.5) is 0 Å². The summed E-state index contributed by atoms with van der Waals surface area (Å²) in [6.07, 6.45) is 3.46. The van der Waals surface area contributed by atoms with Crippen molar-refractivity contribution in [3.63, 3.8) is 0 Å². The number of aliphatic carboxylic acids is 1. The Bertz CT molecular complexity index is 481. The van der Waals surface area contributed by atoms with Crippen LogP contribution >= 0.6 is 0 Å². The fourth-order valence-electron chi connectivity index (χ4n) is 2.84. The van der Waals surface area contributed by atoms with E-state index in [4.69, 9.17) is 9.84 Å². The molecule has 1 aliphatic rings. The summed E-state index contributed by atoms with van der Waals surface area (Å²) in [6, 6.07) is 5.28. The van der Waals surface area contributed by atoms with E-state index in [1.807, 2.05) is 12.1 Å². The summed E-state index contributed by atoms with van der Waals surface area (Å²) in [7, 11) is 1.57. The monoisotopic (exact) mass is 293 g/mol. The molecule has 0 amide bonds. The maximum Gasteiger partial charge on any atom is 0.306 e. The van der Waals surface area contributed by atoms with Gasteiger partial charge in [-0.1, -0.05) is 6.07 Å². The van der Waals surface area contributed by atoms with Gasteiger partial charge in [0.05, 0.1) is 13.0 Å². The molecular weight excluding hydrogens is 270 g/mol. The molecule has 0 bridgehead atoms. The van der Waals surface area contributed by atoms with Crippen LogP contribution in [0.2, 0.25) is 0 Å². The number of ether oxygens (including phenoxy) is 1. The Kier molecular flexibility index (Phi) is 5.44. The second-order valence-electron chi connectivity index (χ2n) is 5.68. The molecule has 1 aliphatic carbocycles. The molecule has 0 atom stereocenters. The van der Waals surface area contributed by atoms with Crippen LogP contribution in [-0.2, 0) is 11.3 Å². The summed E-state index contributed by atoms with van der Waals surface area (Å²) >= 11 is 0. The average Bonchev–Trinajstić information content (AvgIpc) is 2.49. The van der Waals surface area contributed by atoms with E-state index in [2.05, 4.69) is 5.32 Å². The molecule has 2 rings (SSSR count). The largest absolute Gasteiger partial charge is 0.507 e. The molecule has 0 heterocycles. The highest BCUT2D eigenvalue weighted by atomic mass is 16.5. The van der Waals surface area contributed by atoms with Gasteiger partial charge in [0.15, 0.2) is 0 Å². The predicted octanol–water partition coefficient (Wildman–Crippen LogP) is 2.38. The van der Waals surface area contributed by atoms with Gasteiger partial charge in [-0.3, -0.25) is 4.79 Å². The van der Waals surface area contributed by atoms with Crippen LogP contribution < -0.4 is 10.1 Å². The topological polar surface area (TPSA) is 78.8 Å². The van der Waals surface area contributed by atoms with E-state index in [0.717, 1.165) is 37.8 Å². The highest BCUT2D eigenvalue weighted by Gasteiger charge is 2.25. The average molecular weight is 293 g/mol. The van der Waals surface area contributed by atoms with E-state index in [9.17, 15) is 9.90 Å². The van der Waals surface area contributed by atoms with Gasteiger partial charge in [-0.2, -0.15) is 0 Å². The number of hydrogen-bond acceptors (Lipinski definition) is 4. The number of phenols is 1. The van der Waals surface area contributed by atoms with E-state index in [0.29, 0.717) is 18.2 Å². The number of carbonyl (C=O) groups is 1. The predicted molar refractivity (Wildman–Crippen MR) is 79.4 cm³/mol. The summed E-state index contributed by atoms with van der Waals surface area (Å²) in [5.74, 6) is 0.581. The molecule has 0 saturated heterocycles. The molecule has 21 heavy (non-hydrogen) atoms. The molecule has 1 aromatic carbocycles. The second-order valence-corrected chi connectivity index (χ2v) is 5.68. The third-order valence-electron chi connectivity index (χ3n) is 4.24. The molecule has 1 aromatic rings. The Morgan fingerprint density at radius 3 is 2.62 bits per heavy atom. The first-order chi connectivity index (χ1) is 10.1. The molecule has 0 aromatic heterocycles. The van der Waals surface area contributed by atoms with E-state index in [1.54, 1.807) is 13.2 Å². The summed E-state index contributed by atoms with van der Waals surface area (Å²) in [6.45, 7) is 1.46. The molecular formula is C16H23NO4. The number of hydrogen-bond donors (Lipinski definition) is 3. The zero-order chi connectivity index (χ0) is 15.2. The van der Waals surface area contributed by atoms with Crippen molar-refractivity contribution >= 4 is 5.97 Å². The van der Waals surface area contributed by atoms with Gasteiger partial charge in [-0.15, -0.1) is 0 Å². The Balaban J connectivity index is 1.74. The molecule has 0 unspecified atom stereocenters. The van der Waals surface area contributed by atoms with Crippen LogP contribution in [0.5, 0.6) is 11.5 Å². The van der Waals surface area contributed by atoms with Gasteiger partial charge in [0.25, 0.3) is 0 Å². The minimum absolute atomic E-state index is 0.160. The first-order valence-electron chi connectivity index (χ1n) is 7.39. The highest BCUT2D eigenvalue weighted by Crippen LogP contribution is 2.29. The normalized spacial score (nSPS) is 22.0. The standard InChI is InChI=1S/C16H23NO4/c1-21-14-7-6-13(15(18)8-14)10-17-9-11-2-4-12(5-3-11)16(19)20/h6-8,11-12,17-18H,2-5,9-10H2,1H3,(H,19,20). The number of methoxy groups -OCH3 is 1. The van der Waals surface area contributed by atoms with E-state index < -0.39 is 5.97 Å². The van der Waals surface area contributed by atoms with Crippen LogP contribution in [0, 0.1) is 11.8 Å². The quantitative estimate of drug-likeness (QED) is 0.750. The molecule has 1 saturated carbocycles. The lowest BCUT2D eigenvalue weighted by molar-refractivity contribution is -0.143. The van der Waals surface area contributed by atoms with Crippen molar-refractivity contribution in [2.75, 3.05) is 13.7 Å². The van der Waals surface area contributed by atoms with Gasteiger partial charge in [0, 0.05) is 18.2 Å². The summed E-state index contributed by atoms with van der Waals surface area (Å²) in [4.78, 5) is 10.9.